The molecule has 0 unspecified atom stereocenters. The van der Waals surface area contributed by atoms with E-state index in [4.69, 9.17) is 4.74 Å². The van der Waals surface area contributed by atoms with E-state index in [2.05, 4.69) is 59.3 Å². The van der Waals surface area contributed by atoms with E-state index in [1.165, 1.54) is 49.3 Å². The maximum atomic E-state index is 12.3. The molecule has 1 heterocycles. The van der Waals surface area contributed by atoms with Crippen LogP contribution in [0.15, 0.2) is 90.7 Å². The first-order valence-corrected chi connectivity index (χ1v) is 11.1. The van der Waals surface area contributed by atoms with Crippen molar-refractivity contribution >= 4 is 35.5 Å². The highest BCUT2D eigenvalue weighted by Crippen LogP contribution is 2.50. The molecule has 156 valence electrons. The van der Waals surface area contributed by atoms with Gasteiger partial charge in [0, 0.05) is 34.1 Å². The Bertz CT molecular complexity index is 1260. The predicted molar refractivity (Wildman–Crippen MR) is 119 cm³/mol. The van der Waals surface area contributed by atoms with Gasteiger partial charge in [-0.25, -0.2) is 0 Å². The number of ether oxygens (including phenoxy) is 2. The second-order valence-electron chi connectivity index (χ2n) is 7.19. The molecule has 1 aliphatic rings. The van der Waals surface area contributed by atoms with E-state index < -0.39 is 6.36 Å². The van der Waals surface area contributed by atoms with E-state index in [1.54, 1.807) is 0 Å². The van der Waals surface area contributed by atoms with Crippen molar-refractivity contribution in [2.24, 2.45) is 0 Å². The Morgan fingerprint density at radius 1 is 0.677 bits per heavy atom. The van der Waals surface area contributed by atoms with Crippen molar-refractivity contribution in [3.63, 3.8) is 0 Å². The van der Waals surface area contributed by atoms with E-state index in [0.717, 1.165) is 18.6 Å². The Balaban J connectivity index is 1.41. The lowest BCUT2D eigenvalue weighted by Gasteiger charge is -2.13. The van der Waals surface area contributed by atoms with Crippen molar-refractivity contribution < 1.29 is 22.6 Å². The van der Waals surface area contributed by atoms with Gasteiger partial charge in [-0.1, -0.05) is 24.3 Å². The molecule has 0 radical (unpaired) electrons. The van der Waals surface area contributed by atoms with Crippen molar-refractivity contribution in [1.29, 1.82) is 0 Å². The molecule has 5 rings (SSSR count). The van der Waals surface area contributed by atoms with Gasteiger partial charge in [-0.05, 0) is 60.7 Å². The maximum Gasteiger partial charge on any atom is 0.573 e. The fourth-order valence-electron chi connectivity index (χ4n) is 3.85. The van der Waals surface area contributed by atoms with Gasteiger partial charge in [0.25, 0.3) is 0 Å². The second kappa shape index (κ2) is 7.78. The molecule has 0 saturated carbocycles. The van der Waals surface area contributed by atoms with Crippen LogP contribution in [0.5, 0.6) is 11.5 Å². The monoisotopic (exact) mass is 439 g/mol. The van der Waals surface area contributed by atoms with Gasteiger partial charge >= 0.3 is 6.36 Å². The molecular formula is C25H18F3O2S+. The van der Waals surface area contributed by atoms with Gasteiger partial charge in [0.2, 0.25) is 0 Å². The zero-order chi connectivity index (χ0) is 21.4. The molecule has 1 aromatic heterocycles. The Kier molecular flexibility index (Phi) is 4.94. The number of thiophene rings is 1. The van der Waals surface area contributed by atoms with Gasteiger partial charge in [-0.15, -0.1) is 13.2 Å². The lowest BCUT2D eigenvalue weighted by molar-refractivity contribution is -0.274. The number of allylic oxidation sites excluding steroid dienone is 4. The average Bonchev–Trinajstić information content (AvgIpc) is 3.09. The SMILES string of the molecule is FC(F)(F)Oc1ccc(OC2=CC=C([s+]3c4ccccc4c4ccccc43)CC2)cc1. The molecule has 0 bridgehead atoms. The Morgan fingerprint density at radius 3 is 1.81 bits per heavy atom. The summed E-state index contributed by atoms with van der Waals surface area (Å²) in [6, 6.07) is 22.6. The molecule has 0 saturated heterocycles. The summed E-state index contributed by atoms with van der Waals surface area (Å²) in [7, 11) is -0.100. The van der Waals surface area contributed by atoms with E-state index in [9.17, 15) is 13.2 Å². The summed E-state index contributed by atoms with van der Waals surface area (Å²) in [6.45, 7) is 0. The van der Waals surface area contributed by atoms with Crippen LogP contribution in [0.1, 0.15) is 12.8 Å². The largest absolute Gasteiger partial charge is 0.573 e. The second-order valence-corrected chi connectivity index (χ2v) is 9.20. The van der Waals surface area contributed by atoms with Crippen molar-refractivity contribution in [3.8, 4) is 11.5 Å². The maximum absolute atomic E-state index is 12.3. The molecule has 0 amide bonds. The van der Waals surface area contributed by atoms with Gasteiger partial charge in [0.15, 0.2) is 14.3 Å². The fraction of sp³-hybridized carbons (Fsp3) is 0.120. The summed E-state index contributed by atoms with van der Waals surface area (Å²) in [6.07, 6.45) is 0.999. The molecule has 2 nitrogen and oxygen atoms in total. The molecular weight excluding hydrogens is 421 g/mol. The number of halogens is 3. The van der Waals surface area contributed by atoms with Gasteiger partial charge in [-0.3, -0.25) is 0 Å². The lowest BCUT2D eigenvalue weighted by Crippen LogP contribution is -2.16. The first kappa shape index (κ1) is 19.7. The van der Waals surface area contributed by atoms with E-state index in [1.807, 2.05) is 6.08 Å². The van der Waals surface area contributed by atoms with Crippen LogP contribution in [0.2, 0.25) is 0 Å². The lowest BCUT2D eigenvalue weighted by atomic mass is 10.1. The first-order chi connectivity index (χ1) is 15.0. The average molecular weight is 439 g/mol. The topological polar surface area (TPSA) is 18.5 Å². The van der Waals surface area contributed by atoms with Crippen LogP contribution in [0.3, 0.4) is 0 Å². The van der Waals surface area contributed by atoms with Gasteiger partial charge < -0.3 is 9.47 Å². The van der Waals surface area contributed by atoms with Crippen LogP contribution in [-0.2, 0) is 0 Å². The van der Waals surface area contributed by atoms with Crippen molar-refractivity contribution in [3.05, 3.63) is 90.7 Å². The summed E-state index contributed by atoms with van der Waals surface area (Å²) in [5, 5.41) is 2.60. The number of rotatable bonds is 4. The number of alkyl halides is 3. The Hall–Kier alpha value is -3.25. The van der Waals surface area contributed by atoms with E-state index >= 15 is 0 Å². The van der Waals surface area contributed by atoms with Gasteiger partial charge in [-0.2, -0.15) is 0 Å². The predicted octanol–water partition coefficient (Wildman–Crippen LogP) is 8.24. The molecule has 0 atom stereocenters. The first-order valence-electron chi connectivity index (χ1n) is 9.84. The molecule has 0 aliphatic heterocycles. The third-order valence-electron chi connectivity index (χ3n) is 5.15. The van der Waals surface area contributed by atoms with Gasteiger partial charge in [0.05, 0.1) is 0 Å². The third kappa shape index (κ3) is 4.03. The summed E-state index contributed by atoms with van der Waals surface area (Å²) in [5.74, 6) is 1.01. The van der Waals surface area contributed by atoms with Crippen molar-refractivity contribution in [1.82, 2.24) is 0 Å². The smallest absolute Gasteiger partial charge is 0.462 e. The van der Waals surface area contributed by atoms with Crippen LogP contribution in [0, 0.1) is 0 Å². The highest BCUT2D eigenvalue weighted by Gasteiger charge is 2.31. The van der Waals surface area contributed by atoms with Crippen LogP contribution < -0.4 is 9.47 Å². The molecule has 0 fully saturated rings. The molecule has 0 N–H and O–H groups in total. The zero-order valence-corrected chi connectivity index (χ0v) is 17.2. The minimum Gasteiger partial charge on any atom is -0.462 e. The Labute approximate surface area is 179 Å². The summed E-state index contributed by atoms with van der Waals surface area (Å²) in [5.41, 5.74) is 0. The van der Waals surface area contributed by atoms with Crippen LogP contribution in [0.4, 0.5) is 13.2 Å². The minimum absolute atomic E-state index is 0.100. The number of hydrogen-bond acceptors (Lipinski definition) is 2. The van der Waals surface area contributed by atoms with E-state index in [0.29, 0.717) is 5.75 Å². The molecule has 6 heteroatoms. The van der Waals surface area contributed by atoms with Gasteiger partial charge in [0.1, 0.15) is 17.3 Å². The number of hydrogen-bond donors (Lipinski definition) is 0. The number of benzene rings is 3. The summed E-state index contributed by atoms with van der Waals surface area (Å²) in [4.78, 5) is 1.36. The molecule has 1 aliphatic carbocycles. The van der Waals surface area contributed by atoms with E-state index in [-0.39, 0.29) is 16.2 Å². The highest BCUT2D eigenvalue weighted by atomic mass is 32.2. The quantitative estimate of drug-likeness (QED) is 0.298. The number of fused-ring (bicyclic) bond motifs is 3. The zero-order valence-electron chi connectivity index (χ0n) is 16.4. The summed E-state index contributed by atoms with van der Waals surface area (Å²) < 4.78 is 49.4. The highest BCUT2D eigenvalue weighted by molar-refractivity contribution is 7.53. The molecule has 3 aromatic carbocycles. The molecule has 31 heavy (non-hydrogen) atoms. The summed E-state index contributed by atoms with van der Waals surface area (Å²) >= 11 is 0. The van der Waals surface area contributed by atoms with Crippen LogP contribution >= 0.6 is 10.5 Å². The van der Waals surface area contributed by atoms with Crippen molar-refractivity contribution in [2.45, 2.75) is 19.2 Å². The Morgan fingerprint density at radius 2 is 1.26 bits per heavy atom. The molecule has 4 aromatic rings. The molecule has 0 spiro atoms. The normalized spacial score (nSPS) is 14.4. The van der Waals surface area contributed by atoms with Crippen LogP contribution in [0.25, 0.3) is 25.1 Å². The standard InChI is InChI=1S/C25H18F3O2S/c26-25(27,28)30-19-11-9-17(10-12-19)29-18-13-15-20(16-14-18)31-23-7-3-1-5-21(23)22-6-2-4-8-24(22)31/h1-13,15H,14,16H2/q+1. The van der Waals surface area contributed by atoms with Crippen molar-refractivity contribution in [2.75, 3.05) is 0 Å². The fourth-order valence-corrected chi connectivity index (χ4v) is 6.39. The third-order valence-corrected chi connectivity index (χ3v) is 7.60. The van der Waals surface area contributed by atoms with Crippen LogP contribution in [-0.4, -0.2) is 6.36 Å². The minimum atomic E-state index is -4.70.